The largest absolute Gasteiger partial charge is 0.507 e. The molecule has 170 valence electrons. The van der Waals surface area contributed by atoms with E-state index in [4.69, 9.17) is 14.5 Å². The number of benzene rings is 2. The summed E-state index contributed by atoms with van der Waals surface area (Å²) < 4.78 is 10.4. The molecule has 1 saturated heterocycles. The molecule has 1 amide bonds. The molecule has 2 aliphatic heterocycles. The van der Waals surface area contributed by atoms with Crippen molar-refractivity contribution in [1.29, 1.82) is 0 Å². The Morgan fingerprint density at radius 3 is 2.62 bits per heavy atom. The molecule has 0 unspecified atom stereocenters. The van der Waals surface area contributed by atoms with Crippen molar-refractivity contribution in [2.75, 3.05) is 26.8 Å². The summed E-state index contributed by atoms with van der Waals surface area (Å²) in [7, 11) is 1.52. The topological polar surface area (TPSA) is 104 Å². The zero-order valence-electron chi connectivity index (χ0n) is 18.4. The van der Waals surface area contributed by atoms with E-state index in [1.807, 2.05) is 24.3 Å². The fourth-order valence-electron chi connectivity index (χ4n) is 4.50. The third-order valence-electron chi connectivity index (χ3n) is 6.15. The summed E-state index contributed by atoms with van der Waals surface area (Å²) in [6.45, 7) is 3.13. The van der Waals surface area contributed by atoms with Crippen LogP contribution in [0.1, 0.15) is 43.4 Å². The fourth-order valence-corrected chi connectivity index (χ4v) is 4.50. The summed E-state index contributed by atoms with van der Waals surface area (Å²) in [5, 5.41) is 24.9. The number of aliphatic imine (C=N–C) groups is 1. The van der Waals surface area contributed by atoms with Crippen molar-refractivity contribution in [2.24, 2.45) is 4.99 Å². The molecule has 2 heterocycles. The van der Waals surface area contributed by atoms with Crippen LogP contribution >= 0.6 is 0 Å². The maximum atomic E-state index is 12.2. The number of aromatic hydroxyl groups is 2. The normalized spacial score (nSPS) is 20.0. The van der Waals surface area contributed by atoms with Crippen LogP contribution in [0.5, 0.6) is 17.2 Å². The lowest BCUT2D eigenvalue weighted by atomic mass is 9.87. The van der Waals surface area contributed by atoms with Crippen molar-refractivity contribution in [3.63, 3.8) is 0 Å². The molecule has 2 aromatic carbocycles. The van der Waals surface area contributed by atoms with Crippen molar-refractivity contribution >= 4 is 11.8 Å². The van der Waals surface area contributed by atoms with Gasteiger partial charge in [0.05, 0.1) is 13.7 Å². The van der Waals surface area contributed by atoms with Crippen LogP contribution in [0.25, 0.3) is 0 Å². The van der Waals surface area contributed by atoms with Gasteiger partial charge < -0.3 is 24.6 Å². The van der Waals surface area contributed by atoms with Gasteiger partial charge in [-0.15, -0.1) is 0 Å². The number of piperidine rings is 1. The quantitative estimate of drug-likeness (QED) is 0.673. The summed E-state index contributed by atoms with van der Waals surface area (Å²) >= 11 is 0. The molecule has 1 fully saturated rings. The second-order valence-electron chi connectivity index (χ2n) is 8.09. The number of likely N-dealkylation sites (tertiary alicyclic amines) is 1. The van der Waals surface area contributed by atoms with E-state index < -0.39 is 5.66 Å². The molecule has 3 N–H and O–H groups in total. The number of nitrogens with zero attached hydrogens (tertiary/aromatic N) is 2. The lowest BCUT2D eigenvalue weighted by molar-refractivity contribution is 0.0778. The number of nitrogens with one attached hydrogen (secondary N) is 1. The number of phenolic OH excluding ortho intramolecular Hbond substituents is 2. The Balaban J connectivity index is 1.69. The molecule has 0 bridgehead atoms. The minimum absolute atomic E-state index is 0.0881. The highest BCUT2D eigenvalue weighted by Gasteiger charge is 2.42. The number of rotatable bonds is 4. The van der Waals surface area contributed by atoms with Crippen LogP contribution in [0.2, 0.25) is 0 Å². The van der Waals surface area contributed by atoms with Gasteiger partial charge in [0.25, 0.3) is 0 Å². The molecule has 8 nitrogen and oxygen atoms in total. The average Bonchev–Trinajstić information content (AvgIpc) is 2.80. The minimum Gasteiger partial charge on any atom is -0.507 e. The Bertz CT molecular complexity index is 1010. The van der Waals surface area contributed by atoms with E-state index in [1.54, 1.807) is 30.0 Å². The van der Waals surface area contributed by atoms with Gasteiger partial charge in [0, 0.05) is 55.2 Å². The van der Waals surface area contributed by atoms with Crippen LogP contribution in [0.15, 0.2) is 47.5 Å². The first-order chi connectivity index (χ1) is 15.5. The number of carbonyl (C=O) groups excluding carboxylic acids is 1. The van der Waals surface area contributed by atoms with Gasteiger partial charge in [-0.05, 0) is 25.1 Å². The molecular formula is C24H29N3O5. The molecule has 8 heteroatoms. The zero-order valence-corrected chi connectivity index (χ0v) is 18.4. The maximum absolute atomic E-state index is 12.2. The molecule has 32 heavy (non-hydrogen) atoms. The van der Waals surface area contributed by atoms with Gasteiger partial charge in [-0.3, -0.25) is 10.3 Å². The lowest BCUT2D eigenvalue weighted by Gasteiger charge is -2.45. The molecule has 0 aliphatic carbocycles. The predicted molar refractivity (Wildman–Crippen MR) is 120 cm³/mol. The second-order valence-corrected chi connectivity index (χ2v) is 8.09. The number of methoxy groups -OCH3 is 1. The lowest BCUT2D eigenvalue weighted by Crippen LogP contribution is -2.56. The smallest absolute Gasteiger partial charge is 0.409 e. The van der Waals surface area contributed by atoms with Crippen molar-refractivity contribution in [3.05, 3.63) is 53.6 Å². The van der Waals surface area contributed by atoms with Crippen LogP contribution < -0.4 is 10.1 Å². The Hall–Kier alpha value is -3.26. The van der Waals surface area contributed by atoms with Crippen molar-refractivity contribution in [1.82, 2.24) is 10.2 Å². The molecule has 0 aromatic heterocycles. The second kappa shape index (κ2) is 9.08. The van der Waals surface area contributed by atoms with E-state index in [0.29, 0.717) is 55.8 Å². The SMILES string of the molecule is CCOC(=O)N1CCC2(CC1)N=C(c1ccccc1O)C[C@H](c1cccc(OC)c1O)N2. The van der Waals surface area contributed by atoms with E-state index in [9.17, 15) is 15.0 Å². The fraction of sp³-hybridized carbons (Fsp3) is 0.417. The first kappa shape index (κ1) is 22.0. The maximum Gasteiger partial charge on any atom is 0.409 e. The van der Waals surface area contributed by atoms with Gasteiger partial charge in [-0.25, -0.2) is 4.79 Å². The summed E-state index contributed by atoms with van der Waals surface area (Å²) in [5.74, 6) is 0.660. The molecule has 1 atom stereocenters. The summed E-state index contributed by atoms with van der Waals surface area (Å²) in [4.78, 5) is 18.9. The monoisotopic (exact) mass is 439 g/mol. The molecule has 0 radical (unpaired) electrons. The zero-order chi connectivity index (χ0) is 22.7. The highest BCUT2D eigenvalue weighted by molar-refractivity contribution is 6.03. The van der Waals surface area contributed by atoms with Crippen LogP contribution in [0.3, 0.4) is 0 Å². The summed E-state index contributed by atoms with van der Waals surface area (Å²) in [6, 6.07) is 12.3. The number of carbonyl (C=O) groups is 1. The van der Waals surface area contributed by atoms with Gasteiger partial charge in [0.1, 0.15) is 11.4 Å². The van der Waals surface area contributed by atoms with Crippen molar-refractivity contribution in [2.45, 2.75) is 37.9 Å². The predicted octanol–water partition coefficient (Wildman–Crippen LogP) is 3.58. The van der Waals surface area contributed by atoms with E-state index >= 15 is 0 Å². The van der Waals surface area contributed by atoms with Gasteiger partial charge in [0.2, 0.25) is 0 Å². The minimum atomic E-state index is -0.626. The van der Waals surface area contributed by atoms with Crippen molar-refractivity contribution in [3.8, 4) is 17.2 Å². The van der Waals surface area contributed by atoms with Gasteiger partial charge in [-0.1, -0.05) is 24.3 Å². The van der Waals surface area contributed by atoms with Crippen molar-refractivity contribution < 1.29 is 24.5 Å². The van der Waals surface area contributed by atoms with Gasteiger partial charge in [-0.2, -0.15) is 0 Å². The molecule has 2 aromatic rings. The Morgan fingerprint density at radius 2 is 1.94 bits per heavy atom. The number of hydrogen-bond donors (Lipinski definition) is 3. The van der Waals surface area contributed by atoms with Gasteiger partial charge >= 0.3 is 6.09 Å². The number of hydrogen-bond acceptors (Lipinski definition) is 7. The Morgan fingerprint density at radius 1 is 1.19 bits per heavy atom. The highest BCUT2D eigenvalue weighted by Crippen LogP contribution is 2.41. The summed E-state index contributed by atoms with van der Waals surface area (Å²) in [5.41, 5.74) is 1.52. The standard InChI is InChI=1S/C24H29N3O5/c1-3-32-23(30)27-13-11-24(12-14-27)25-18(16-7-4-5-9-20(16)28)15-19(26-24)17-8-6-10-21(31-2)22(17)29/h4-10,19,26,28-29H,3,11-15H2,1-2H3/t19-/m1/s1. The van der Waals surface area contributed by atoms with E-state index in [2.05, 4.69) is 5.32 Å². The number of phenols is 2. The molecular weight excluding hydrogens is 410 g/mol. The summed E-state index contributed by atoms with van der Waals surface area (Å²) in [6.07, 6.45) is 1.35. The van der Waals surface area contributed by atoms with Crippen LogP contribution in [0, 0.1) is 0 Å². The molecule has 2 aliphatic rings. The molecule has 0 saturated carbocycles. The highest BCUT2D eigenvalue weighted by atomic mass is 16.6. The van der Waals surface area contributed by atoms with Crippen LogP contribution in [-0.2, 0) is 4.74 Å². The van der Waals surface area contributed by atoms with Crippen LogP contribution in [-0.4, -0.2) is 59.4 Å². The average molecular weight is 440 g/mol. The first-order valence-corrected chi connectivity index (χ1v) is 10.9. The number of para-hydroxylation sites is 2. The third-order valence-corrected chi connectivity index (χ3v) is 6.15. The third kappa shape index (κ3) is 4.23. The van der Waals surface area contributed by atoms with E-state index in [-0.39, 0.29) is 23.6 Å². The Kier molecular flexibility index (Phi) is 6.23. The molecule has 1 spiro atoms. The first-order valence-electron chi connectivity index (χ1n) is 10.9. The van der Waals surface area contributed by atoms with Crippen LogP contribution in [0.4, 0.5) is 4.79 Å². The molecule has 4 rings (SSSR count). The van der Waals surface area contributed by atoms with E-state index in [0.717, 1.165) is 5.71 Å². The van der Waals surface area contributed by atoms with Gasteiger partial charge in [0.15, 0.2) is 11.5 Å². The van der Waals surface area contributed by atoms with E-state index in [1.165, 1.54) is 7.11 Å². The number of ether oxygens (including phenoxy) is 2. The Labute approximate surface area is 187 Å². The number of amides is 1.